The van der Waals surface area contributed by atoms with E-state index in [-0.39, 0.29) is 0 Å². The van der Waals surface area contributed by atoms with Gasteiger partial charge < -0.3 is 15.5 Å². The van der Waals surface area contributed by atoms with Crippen LogP contribution in [0.4, 0.5) is 0 Å². The molecule has 0 aromatic carbocycles. The highest BCUT2D eigenvalue weighted by Gasteiger charge is 2.14. The Morgan fingerprint density at radius 3 is 2.56 bits per heavy atom. The molecule has 1 unspecified atom stereocenters. The molecule has 0 radical (unpaired) electrons. The van der Waals surface area contributed by atoms with Gasteiger partial charge in [-0.25, -0.2) is 0 Å². The first-order valence-corrected chi connectivity index (χ1v) is 6.78. The quantitative estimate of drug-likeness (QED) is 0.684. The third-order valence-electron chi connectivity index (χ3n) is 3.40. The van der Waals surface area contributed by atoms with Gasteiger partial charge in [-0.2, -0.15) is 0 Å². The minimum absolute atomic E-state index is 0.327. The number of likely N-dealkylation sites (tertiary alicyclic amines) is 1. The highest BCUT2D eigenvalue weighted by Crippen LogP contribution is 2.07. The van der Waals surface area contributed by atoms with Crippen molar-refractivity contribution in [2.45, 2.75) is 26.7 Å². The highest BCUT2D eigenvalue weighted by atomic mass is 32.1. The lowest BCUT2D eigenvalue weighted by Gasteiger charge is -2.26. The third kappa shape index (κ3) is 4.76. The summed E-state index contributed by atoms with van der Waals surface area (Å²) in [5.74, 6) is 0.327. The van der Waals surface area contributed by atoms with Crippen LogP contribution in [0.25, 0.3) is 0 Å². The van der Waals surface area contributed by atoms with Gasteiger partial charge in [0.25, 0.3) is 0 Å². The zero-order valence-corrected chi connectivity index (χ0v) is 11.4. The Morgan fingerprint density at radius 1 is 1.44 bits per heavy atom. The molecule has 0 aromatic heterocycles. The van der Waals surface area contributed by atoms with Crippen molar-refractivity contribution in [1.82, 2.24) is 9.80 Å². The van der Waals surface area contributed by atoms with E-state index >= 15 is 0 Å². The van der Waals surface area contributed by atoms with Crippen LogP contribution >= 0.6 is 12.2 Å². The smallest absolute Gasteiger partial charge is 0.0768 e. The zero-order chi connectivity index (χ0) is 12.0. The number of nitrogens with two attached hydrogens (primary N) is 1. The monoisotopic (exact) mass is 243 g/mol. The van der Waals surface area contributed by atoms with E-state index in [1.54, 1.807) is 0 Å². The van der Waals surface area contributed by atoms with Crippen LogP contribution in [-0.4, -0.2) is 54.1 Å². The summed E-state index contributed by atoms with van der Waals surface area (Å²) < 4.78 is 0. The molecule has 0 spiro atoms. The Balaban J connectivity index is 2.22. The standard InChI is InChI=1S/C12H25N3S/c1-3-14(10-11(2)12(13)16)8-9-15-6-4-5-7-15/h11H,3-10H2,1-2H3,(H2,13,16). The maximum Gasteiger partial charge on any atom is 0.0768 e. The number of likely N-dealkylation sites (N-methyl/N-ethyl adjacent to an activating group) is 1. The second kappa shape index (κ2) is 7.20. The zero-order valence-electron chi connectivity index (χ0n) is 10.6. The molecule has 1 aliphatic heterocycles. The van der Waals surface area contributed by atoms with Crippen LogP contribution in [0.3, 0.4) is 0 Å². The lowest BCUT2D eigenvalue weighted by molar-refractivity contribution is 0.224. The largest absolute Gasteiger partial charge is 0.393 e. The van der Waals surface area contributed by atoms with E-state index in [0.717, 1.165) is 19.6 Å². The second-order valence-corrected chi connectivity index (χ2v) is 5.22. The van der Waals surface area contributed by atoms with Gasteiger partial charge in [-0.05, 0) is 32.5 Å². The van der Waals surface area contributed by atoms with E-state index in [0.29, 0.717) is 10.9 Å². The fourth-order valence-corrected chi connectivity index (χ4v) is 2.22. The Kier molecular flexibility index (Phi) is 6.24. The lowest BCUT2D eigenvalue weighted by atomic mass is 10.1. The van der Waals surface area contributed by atoms with Crippen LogP contribution in [0.1, 0.15) is 26.7 Å². The summed E-state index contributed by atoms with van der Waals surface area (Å²) in [6.45, 7) is 11.3. The molecular weight excluding hydrogens is 218 g/mol. The molecular formula is C12H25N3S. The molecule has 1 fully saturated rings. The van der Waals surface area contributed by atoms with Gasteiger partial charge in [0, 0.05) is 25.6 Å². The Bertz CT molecular complexity index is 214. The molecule has 0 saturated carbocycles. The summed E-state index contributed by atoms with van der Waals surface area (Å²) in [6, 6.07) is 0. The first kappa shape index (κ1) is 13.9. The molecule has 1 rings (SSSR count). The van der Waals surface area contributed by atoms with Crippen LogP contribution in [0.2, 0.25) is 0 Å². The van der Waals surface area contributed by atoms with E-state index in [1.807, 2.05) is 0 Å². The Morgan fingerprint density at radius 2 is 2.06 bits per heavy atom. The molecule has 16 heavy (non-hydrogen) atoms. The van der Waals surface area contributed by atoms with E-state index < -0.39 is 0 Å². The average Bonchev–Trinajstić information content (AvgIpc) is 2.76. The number of hydrogen-bond acceptors (Lipinski definition) is 3. The summed E-state index contributed by atoms with van der Waals surface area (Å²) in [5, 5.41) is 0. The van der Waals surface area contributed by atoms with Gasteiger partial charge in [0.15, 0.2) is 0 Å². The fourth-order valence-electron chi connectivity index (χ4n) is 2.14. The highest BCUT2D eigenvalue weighted by molar-refractivity contribution is 7.80. The normalized spacial score (nSPS) is 19.2. The topological polar surface area (TPSA) is 32.5 Å². The number of hydrogen-bond donors (Lipinski definition) is 1. The average molecular weight is 243 g/mol. The molecule has 4 heteroatoms. The molecule has 1 heterocycles. The van der Waals surface area contributed by atoms with Crippen molar-refractivity contribution in [3.8, 4) is 0 Å². The SMILES string of the molecule is CCN(CCN1CCCC1)CC(C)C(N)=S. The van der Waals surface area contributed by atoms with E-state index in [2.05, 4.69) is 23.6 Å². The maximum atomic E-state index is 5.65. The number of nitrogens with zero attached hydrogens (tertiary/aromatic N) is 2. The molecule has 94 valence electrons. The van der Waals surface area contributed by atoms with Crippen molar-refractivity contribution in [2.24, 2.45) is 11.7 Å². The molecule has 1 aliphatic rings. The van der Waals surface area contributed by atoms with E-state index in [1.165, 1.54) is 32.5 Å². The maximum absolute atomic E-state index is 5.65. The number of thiocarbonyl (C=S) groups is 1. The van der Waals surface area contributed by atoms with Crippen molar-refractivity contribution in [1.29, 1.82) is 0 Å². The molecule has 0 bridgehead atoms. The van der Waals surface area contributed by atoms with Gasteiger partial charge in [-0.1, -0.05) is 26.1 Å². The van der Waals surface area contributed by atoms with Gasteiger partial charge in [0.2, 0.25) is 0 Å². The van der Waals surface area contributed by atoms with Gasteiger partial charge in [0.1, 0.15) is 0 Å². The predicted octanol–water partition coefficient (Wildman–Crippen LogP) is 1.33. The Labute approximate surface area is 105 Å². The van der Waals surface area contributed by atoms with Crippen molar-refractivity contribution in [3.63, 3.8) is 0 Å². The minimum Gasteiger partial charge on any atom is -0.393 e. The van der Waals surface area contributed by atoms with Gasteiger partial charge in [-0.3, -0.25) is 0 Å². The van der Waals surface area contributed by atoms with Crippen molar-refractivity contribution < 1.29 is 0 Å². The molecule has 0 amide bonds. The Hall–Kier alpha value is -0.190. The van der Waals surface area contributed by atoms with Crippen molar-refractivity contribution >= 4 is 17.2 Å². The summed E-state index contributed by atoms with van der Waals surface area (Å²) in [7, 11) is 0. The molecule has 1 saturated heterocycles. The van der Waals surface area contributed by atoms with Gasteiger partial charge in [0.05, 0.1) is 4.99 Å². The van der Waals surface area contributed by atoms with E-state index in [4.69, 9.17) is 18.0 Å². The third-order valence-corrected chi connectivity index (χ3v) is 3.80. The molecule has 1 atom stereocenters. The van der Waals surface area contributed by atoms with Crippen molar-refractivity contribution in [3.05, 3.63) is 0 Å². The van der Waals surface area contributed by atoms with Crippen LogP contribution in [0.15, 0.2) is 0 Å². The van der Waals surface area contributed by atoms with Crippen LogP contribution in [0.5, 0.6) is 0 Å². The summed E-state index contributed by atoms with van der Waals surface area (Å²) >= 11 is 5.02. The lowest BCUT2D eigenvalue weighted by Crippen LogP contribution is -2.38. The fraction of sp³-hybridized carbons (Fsp3) is 0.917. The number of rotatable bonds is 7. The molecule has 0 aliphatic carbocycles. The molecule has 0 aromatic rings. The second-order valence-electron chi connectivity index (χ2n) is 4.75. The molecule has 3 nitrogen and oxygen atoms in total. The van der Waals surface area contributed by atoms with Gasteiger partial charge in [-0.15, -0.1) is 0 Å². The first-order chi connectivity index (χ1) is 7.63. The van der Waals surface area contributed by atoms with Gasteiger partial charge >= 0.3 is 0 Å². The van der Waals surface area contributed by atoms with Crippen LogP contribution in [0, 0.1) is 5.92 Å². The van der Waals surface area contributed by atoms with Crippen LogP contribution < -0.4 is 5.73 Å². The molecule has 2 N–H and O–H groups in total. The van der Waals surface area contributed by atoms with Crippen LogP contribution in [-0.2, 0) is 0 Å². The van der Waals surface area contributed by atoms with E-state index in [9.17, 15) is 0 Å². The first-order valence-electron chi connectivity index (χ1n) is 6.37. The summed E-state index contributed by atoms with van der Waals surface area (Å²) in [4.78, 5) is 5.63. The minimum atomic E-state index is 0.327. The summed E-state index contributed by atoms with van der Waals surface area (Å²) in [6.07, 6.45) is 2.74. The van der Waals surface area contributed by atoms with Crippen molar-refractivity contribution in [2.75, 3.05) is 39.3 Å². The predicted molar refractivity (Wildman–Crippen MR) is 73.7 cm³/mol. The summed E-state index contributed by atoms with van der Waals surface area (Å²) in [5.41, 5.74) is 5.65.